The molecule has 7 heteroatoms. The van der Waals surface area contributed by atoms with Gasteiger partial charge >= 0.3 is 0 Å². The number of nitrogens with zero attached hydrogens (tertiary/aromatic N) is 2. The zero-order chi connectivity index (χ0) is 31.8. The summed E-state index contributed by atoms with van der Waals surface area (Å²) in [5.74, 6) is -1.24. The molecule has 7 nitrogen and oxygen atoms in total. The minimum atomic E-state index is -0.784. The van der Waals surface area contributed by atoms with Crippen molar-refractivity contribution in [3.8, 4) is 0 Å². The van der Waals surface area contributed by atoms with Crippen LogP contribution in [-0.2, 0) is 14.4 Å². The Kier molecular flexibility index (Phi) is 16.9. The van der Waals surface area contributed by atoms with Gasteiger partial charge in [0.15, 0.2) is 0 Å². The Labute approximate surface area is 247 Å². The van der Waals surface area contributed by atoms with E-state index >= 15 is 0 Å². The van der Waals surface area contributed by atoms with E-state index < -0.39 is 17.5 Å². The molecule has 0 aliphatic carbocycles. The number of aryl methyl sites for hydroxylation is 1. The lowest BCUT2D eigenvalue weighted by atomic mass is 9.97. The number of carbonyl (C=O) groups excluding carboxylic acids is 3. The van der Waals surface area contributed by atoms with Gasteiger partial charge in [0, 0.05) is 32.1 Å². The van der Waals surface area contributed by atoms with Crippen molar-refractivity contribution in [1.29, 1.82) is 0 Å². The highest BCUT2D eigenvalue weighted by Crippen LogP contribution is 2.15. The number of likely N-dealkylation sites (N-methyl/N-ethyl adjacent to an activating group) is 2. The molecular weight excluding hydrogens is 512 g/mol. The van der Waals surface area contributed by atoms with Crippen molar-refractivity contribution in [3.05, 3.63) is 83.5 Å². The molecule has 0 radical (unpaired) electrons. The molecule has 3 amide bonds. The average Bonchev–Trinajstić information content (AvgIpc) is 2.90. The van der Waals surface area contributed by atoms with Crippen LogP contribution in [0.3, 0.4) is 0 Å². The van der Waals surface area contributed by atoms with Crippen molar-refractivity contribution in [2.75, 3.05) is 20.6 Å². The number of benzene rings is 2. The van der Waals surface area contributed by atoms with Crippen LogP contribution in [0.2, 0.25) is 0 Å². The minimum Gasteiger partial charge on any atom is -0.368 e. The fraction of sp³-hybridized carbons (Fsp3) is 0.441. The number of carbonyl (C=O) groups is 3. The van der Waals surface area contributed by atoms with Gasteiger partial charge in [0.25, 0.3) is 0 Å². The van der Waals surface area contributed by atoms with Crippen LogP contribution in [0.25, 0.3) is 10.8 Å². The summed E-state index contributed by atoms with van der Waals surface area (Å²) < 4.78 is 0. The molecule has 0 saturated heterocycles. The summed E-state index contributed by atoms with van der Waals surface area (Å²) in [5.41, 5.74) is 14.1. The fourth-order valence-electron chi connectivity index (χ4n) is 4.11. The molecule has 1 atom stereocenters. The van der Waals surface area contributed by atoms with Crippen LogP contribution in [0.1, 0.15) is 66.9 Å². The summed E-state index contributed by atoms with van der Waals surface area (Å²) in [7, 11) is 3.07. The van der Waals surface area contributed by atoms with E-state index in [1.165, 1.54) is 39.3 Å². The molecule has 0 aliphatic heterocycles. The van der Waals surface area contributed by atoms with Crippen molar-refractivity contribution in [2.45, 2.75) is 79.8 Å². The lowest BCUT2D eigenvalue weighted by Gasteiger charge is -2.28. The molecule has 4 N–H and O–H groups in total. The molecule has 0 aliphatic rings. The Bertz CT molecular complexity index is 1220. The van der Waals surface area contributed by atoms with E-state index in [0.29, 0.717) is 12.8 Å². The number of allylic oxidation sites excluding steroid dienone is 3. The quantitative estimate of drug-likeness (QED) is 0.276. The maximum absolute atomic E-state index is 12.6. The van der Waals surface area contributed by atoms with Crippen LogP contribution >= 0.6 is 0 Å². The summed E-state index contributed by atoms with van der Waals surface area (Å²) in [6.07, 6.45) is 7.98. The maximum Gasteiger partial charge on any atom is 0.246 e. The van der Waals surface area contributed by atoms with Crippen molar-refractivity contribution in [2.24, 2.45) is 11.5 Å². The van der Waals surface area contributed by atoms with Gasteiger partial charge in [-0.25, -0.2) is 0 Å². The second-order valence-corrected chi connectivity index (χ2v) is 10.7. The lowest BCUT2D eigenvalue weighted by molar-refractivity contribution is -0.141. The first-order chi connectivity index (χ1) is 19.2. The smallest absolute Gasteiger partial charge is 0.246 e. The highest BCUT2D eigenvalue weighted by molar-refractivity contribution is 5.93. The number of amides is 3. The van der Waals surface area contributed by atoms with Crippen LogP contribution in [0.15, 0.2) is 77.9 Å². The Morgan fingerprint density at radius 1 is 1.00 bits per heavy atom. The molecule has 0 saturated carbocycles. The van der Waals surface area contributed by atoms with Crippen molar-refractivity contribution < 1.29 is 14.4 Å². The Hall–Kier alpha value is -3.71. The van der Waals surface area contributed by atoms with E-state index in [0.717, 1.165) is 11.1 Å². The zero-order valence-electron chi connectivity index (χ0n) is 26.8. The van der Waals surface area contributed by atoms with Gasteiger partial charge in [-0.05, 0) is 58.7 Å². The van der Waals surface area contributed by atoms with Crippen LogP contribution < -0.4 is 11.5 Å². The molecule has 0 unspecified atom stereocenters. The Morgan fingerprint density at radius 2 is 1.59 bits per heavy atom. The van der Waals surface area contributed by atoms with Crippen LogP contribution in [0, 0.1) is 6.92 Å². The number of hydrogen-bond acceptors (Lipinski definition) is 4. The maximum atomic E-state index is 12.6. The van der Waals surface area contributed by atoms with E-state index in [9.17, 15) is 14.4 Å². The van der Waals surface area contributed by atoms with Gasteiger partial charge in [0.05, 0.1) is 6.54 Å². The number of nitrogens with two attached hydrogens (primary N) is 2. The van der Waals surface area contributed by atoms with Gasteiger partial charge in [0.2, 0.25) is 17.7 Å². The molecule has 0 heterocycles. The molecular formula is C34H52N4O3. The molecule has 0 bridgehead atoms. The number of rotatable bonds is 10. The van der Waals surface area contributed by atoms with E-state index in [-0.39, 0.29) is 18.4 Å². The van der Waals surface area contributed by atoms with E-state index in [2.05, 4.69) is 49.4 Å². The van der Waals surface area contributed by atoms with Crippen molar-refractivity contribution in [1.82, 2.24) is 9.80 Å². The van der Waals surface area contributed by atoms with Gasteiger partial charge in [-0.15, -0.1) is 0 Å². The van der Waals surface area contributed by atoms with Gasteiger partial charge in [-0.3, -0.25) is 14.4 Å². The minimum absolute atomic E-state index is 0.149. The van der Waals surface area contributed by atoms with Gasteiger partial charge in [-0.2, -0.15) is 0 Å². The second kappa shape index (κ2) is 18.6. The summed E-state index contributed by atoms with van der Waals surface area (Å²) >= 11 is 0. The SMILES string of the molecule is C/C=C\C(=C/C)C[C@H](C(N)=O)N(C)C(=O)CN(C)C(=O)/C=C(\C)CC(C)(C)N.CC.Cc1ccc2ccccc2c1. The molecule has 0 aromatic heterocycles. The second-order valence-electron chi connectivity index (χ2n) is 10.7. The topological polar surface area (TPSA) is 110 Å². The summed E-state index contributed by atoms with van der Waals surface area (Å²) in [4.78, 5) is 39.4. The molecule has 2 aromatic rings. The van der Waals surface area contributed by atoms with Crippen LogP contribution in [0.5, 0.6) is 0 Å². The van der Waals surface area contributed by atoms with Gasteiger partial charge in [0.1, 0.15) is 6.04 Å². The Balaban J connectivity index is 0.00000100. The standard InChI is InChI=1S/C21H36N4O3.C11H10.C2H6/c1-8-10-16(9-2)12-17(20(22)28)25(7)19(27)14-24(6)18(26)11-15(3)13-21(4,5)23;1-9-6-7-10-4-2-3-5-11(10)8-9;1-2/h8-11,17H,12-14,23H2,1-7H3,(H2,22,28);2-8H,1H3;1-2H3/b10-8-,15-11+,16-9+;;/t17-;;/m1../s1. The predicted molar refractivity (Wildman–Crippen MR) is 173 cm³/mol. The Morgan fingerprint density at radius 3 is 2.10 bits per heavy atom. The van der Waals surface area contributed by atoms with Gasteiger partial charge in [-0.1, -0.05) is 91.2 Å². The normalized spacial score (nSPS) is 12.6. The van der Waals surface area contributed by atoms with Crippen molar-refractivity contribution >= 4 is 28.5 Å². The molecule has 2 rings (SSSR count). The first-order valence-electron chi connectivity index (χ1n) is 14.2. The molecule has 0 spiro atoms. The number of hydrogen-bond donors (Lipinski definition) is 2. The van der Waals surface area contributed by atoms with Crippen molar-refractivity contribution in [3.63, 3.8) is 0 Å². The van der Waals surface area contributed by atoms with Gasteiger partial charge < -0.3 is 21.3 Å². The monoisotopic (exact) mass is 564 g/mol. The number of fused-ring (bicyclic) bond motifs is 1. The van der Waals surface area contributed by atoms with Crippen LogP contribution in [0.4, 0.5) is 0 Å². The van der Waals surface area contributed by atoms with E-state index in [1.807, 2.05) is 66.7 Å². The van der Waals surface area contributed by atoms with E-state index in [4.69, 9.17) is 11.5 Å². The fourth-order valence-corrected chi connectivity index (χ4v) is 4.11. The molecule has 0 fully saturated rings. The average molecular weight is 565 g/mol. The summed E-state index contributed by atoms with van der Waals surface area (Å²) in [6.45, 7) is 15.3. The zero-order valence-corrected chi connectivity index (χ0v) is 26.8. The van der Waals surface area contributed by atoms with E-state index in [1.54, 1.807) is 7.05 Å². The lowest BCUT2D eigenvalue weighted by Crippen LogP contribution is -2.49. The molecule has 2 aromatic carbocycles. The first kappa shape index (κ1) is 37.3. The predicted octanol–water partition coefficient (Wildman–Crippen LogP) is 5.92. The third kappa shape index (κ3) is 14.5. The third-order valence-corrected chi connectivity index (χ3v) is 6.13. The number of primary amides is 1. The highest BCUT2D eigenvalue weighted by atomic mass is 16.2. The molecule has 226 valence electrons. The summed E-state index contributed by atoms with van der Waals surface area (Å²) in [6, 6.07) is 14.1. The highest BCUT2D eigenvalue weighted by Gasteiger charge is 2.26. The largest absolute Gasteiger partial charge is 0.368 e. The third-order valence-electron chi connectivity index (χ3n) is 6.13. The van der Waals surface area contributed by atoms with Crippen LogP contribution in [-0.4, -0.2) is 59.7 Å². The summed E-state index contributed by atoms with van der Waals surface area (Å²) in [5, 5.41) is 2.64. The first-order valence-corrected chi connectivity index (χ1v) is 14.2. The molecule has 41 heavy (non-hydrogen) atoms.